The molecule has 0 aromatic heterocycles. The van der Waals surface area contributed by atoms with Crippen molar-refractivity contribution in [3.05, 3.63) is 28.8 Å². The van der Waals surface area contributed by atoms with Gasteiger partial charge in [-0.25, -0.2) is 4.58 Å². The summed E-state index contributed by atoms with van der Waals surface area (Å²) in [6.45, 7) is 6.64. The fourth-order valence-corrected chi connectivity index (χ4v) is 2.44. The number of halogens is 1. The quantitative estimate of drug-likeness (QED) is 0.576. The first-order chi connectivity index (χ1) is 6.46. The number of benzene rings is 1. The molecule has 0 N–H and O–H groups in total. The Balaban J connectivity index is 2.80. The molecule has 2 heteroatoms. The molecule has 0 saturated carbocycles. The monoisotopic (exact) mass is 208 g/mol. The predicted molar refractivity (Wildman–Crippen MR) is 61.0 cm³/mol. The van der Waals surface area contributed by atoms with E-state index in [1.54, 1.807) is 0 Å². The van der Waals surface area contributed by atoms with Gasteiger partial charge in [0.25, 0.3) is 0 Å². The van der Waals surface area contributed by atoms with Crippen molar-refractivity contribution in [2.45, 2.75) is 26.2 Å². The predicted octanol–water partition coefficient (Wildman–Crippen LogP) is 3.37. The first kappa shape index (κ1) is 9.72. The van der Waals surface area contributed by atoms with Crippen molar-refractivity contribution in [2.75, 3.05) is 7.05 Å². The normalized spacial score (nSPS) is 18.6. The van der Waals surface area contributed by atoms with Gasteiger partial charge in [-0.05, 0) is 19.9 Å². The third kappa shape index (κ3) is 1.05. The van der Waals surface area contributed by atoms with E-state index >= 15 is 0 Å². The third-order valence-corrected chi connectivity index (χ3v) is 3.71. The first-order valence-electron chi connectivity index (χ1n) is 4.83. The topological polar surface area (TPSA) is 3.01 Å². The third-order valence-electron chi connectivity index (χ3n) is 3.40. The van der Waals surface area contributed by atoms with Crippen molar-refractivity contribution >= 4 is 23.0 Å². The summed E-state index contributed by atoms with van der Waals surface area (Å²) in [4.78, 5) is 0. The zero-order valence-corrected chi connectivity index (χ0v) is 9.81. The average Bonchev–Trinajstić information content (AvgIpc) is 2.30. The van der Waals surface area contributed by atoms with Crippen LogP contribution in [0.15, 0.2) is 18.2 Å². The van der Waals surface area contributed by atoms with Crippen molar-refractivity contribution in [3.63, 3.8) is 0 Å². The molecule has 0 radical (unpaired) electrons. The van der Waals surface area contributed by atoms with Crippen LogP contribution < -0.4 is 0 Å². The Morgan fingerprint density at radius 2 is 1.93 bits per heavy atom. The number of hydrogen-bond acceptors (Lipinski definition) is 0. The lowest BCUT2D eigenvalue weighted by atomic mass is 9.82. The maximum Gasteiger partial charge on any atom is 0.228 e. The summed E-state index contributed by atoms with van der Waals surface area (Å²) >= 11 is 6.20. The van der Waals surface area contributed by atoms with Gasteiger partial charge in [-0.3, -0.25) is 0 Å². The first-order valence-corrected chi connectivity index (χ1v) is 5.21. The molecule has 1 aliphatic rings. The highest BCUT2D eigenvalue weighted by Crippen LogP contribution is 2.42. The van der Waals surface area contributed by atoms with Gasteiger partial charge in [0.05, 0.1) is 5.41 Å². The van der Waals surface area contributed by atoms with Crippen molar-refractivity contribution in [3.8, 4) is 0 Å². The fraction of sp³-hybridized carbons (Fsp3) is 0.417. The average molecular weight is 209 g/mol. The molecule has 74 valence electrons. The molecule has 0 aliphatic carbocycles. The smallest absolute Gasteiger partial charge is 0.201 e. The SMILES string of the molecule is CC1=[N+](C)c2c(Cl)cccc2C1(C)C. The highest BCUT2D eigenvalue weighted by atomic mass is 35.5. The Bertz CT molecular complexity index is 430. The molecule has 1 aromatic carbocycles. The molecule has 2 rings (SSSR count). The van der Waals surface area contributed by atoms with Gasteiger partial charge in [0, 0.05) is 12.5 Å². The van der Waals surface area contributed by atoms with Crippen LogP contribution in [0.3, 0.4) is 0 Å². The molecule has 1 aliphatic heterocycles. The van der Waals surface area contributed by atoms with Crippen LogP contribution in [0.4, 0.5) is 5.69 Å². The summed E-state index contributed by atoms with van der Waals surface area (Å²) in [5, 5.41) is 0.843. The van der Waals surface area contributed by atoms with Crippen molar-refractivity contribution in [1.82, 2.24) is 0 Å². The van der Waals surface area contributed by atoms with Crippen LogP contribution in [0.5, 0.6) is 0 Å². The minimum Gasteiger partial charge on any atom is -0.201 e. The Hall–Kier alpha value is -0.820. The van der Waals surface area contributed by atoms with Crippen molar-refractivity contribution in [2.24, 2.45) is 0 Å². The molecule has 0 saturated heterocycles. The van der Waals surface area contributed by atoms with Crippen LogP contribution in [0.1, 0.15) is 26.3 Å². The molecule has 0 unspecified atom stereocenters. The number of para-hydroxylation sites is 1. The van der Waals surface area contributed by atoms with Crippen LogP contribution in [-0.4, -0.2) is 17.3 Å². The molecule has 1 nitrogen and oxygen atoms in total. The fourth-order valence-electron chi connectivity index (χ4n) is 2.14. The van der Waals surface area contributed by atoms with Crippen LogP contribution >= 0.6 is 11.6 Å². The van der Waals surface area contributed by atoms with Gasteiger partial charge in [-0.15, -0.1) is 0 Å². The van der Waals surface area contributed by atoms with Gasteiger partial charge in [0.2, 0.25) is 5.69 Å². The molecule has 0 atom stereocenters. The van der Waals surface area contributed by atoms with Crippen molar-refractivity contribution < 1.29 is 4.58 Å². The lowest BCUT2D eigenvalue weighted by Crippen LogP contribution is -2.25. The lowest BCUT2D eigenvalue weighted by Gasteiger charge is -2.14. The van der Waals surface area contributed by atoms with Crippen LogP contribution in [0, 0.1) is 0 Å². The van der Waals surface area contributed by atoms with Gasteiger partial charge in [0.1, 0.15) is 12.1 Å². The number of rotatable bonds is 0. The van der Waals surface area contributed by atoms with Gasteiger partial charge < -0.3 is 0 Å². The van der Waals surface area contributed by atoms with E-state index < -0.39 is 0 Å². The van der Waals surface area contributed by atoms with E-state index in [1.807, 2.05) is 12.1 Å². The Morgan fingerprint density at radius 3 is 2.50 bits per heavy atom. The maximum absolute atomic E-state index is 6.20. The lowest BCUT2D eigenvalue weighted by molar-refractivity contribution is -0.402. The van der Waals surface area contributed by atoms with Crippen LogP contribution in [0.25, 0.3) is 0 Å². The van der Waals surface area contributed by atoms with E-state index in [2.05, 4.69) is 38.5 Å². The van der Waals surface area contributed by atoms with Gasteiger partial charge >= 0.3 is 0 Å². The summed E-state index contributed by atoms with van der Waals surface area (Å²) in [7, 11) is 2.08. The van der Waals surface area contributed by atoms with E-state index in [4.69, 9.17) is 11.6 Å². The standard InChI is InChI=1S/C12H15ClN/c1-8-12(2,3)9-6-5-7-10(13)11(9)14(8)4/h5-7H,1-4H3/q+1. The Labute approximate surface area is 90.0 Å². The van der Waals surface area contributed by atoms with E-state index in [0.717, 1.165) is 10.7 Å². The van der Waals surface area contributed by atoms with E-state index in [9.17, 15) is 0 Å². The zero-order chi connectivity index (χ0) is 10.5. The number of hydrogen-bond donors (Lipinski definition) is 0. The highest BCUT2D eigenvalue weighted by Gasteiger charge is 2.42. The molecule has 0 bridgehead atoms. The summed E-state index contributed by atoms with van der Waals surface area (Å²) in [6.07, 6.45) is 0. The second-order valence-electron chi connectivity index (χ2n) is 4.41. The van der Waals surface area contributed by atoms with Crippen molar-refractivity contribution in [1.29, 1.82) is 0 Å². The molecule has 0 fully saturated rings. The number of nitrogens with zero attached hydrogens (tertiary/aromatic N) is 1. The van der Waals surface area contributed by atoms with Gasteiger partial charge in [0.15, 0.2) is 5.71 Å². The van der Waals surface area contributed by atoms with Gasteiger partial charge in [-0.2, -0.15) is 0 Å². The minimum absolute atomic E-state index is 0.106. The summed E-state index contributed by atoms with van der Waals surface area (Å²) in [5.74, 6) is 0. The molecule has 1 aromatic rings. The minimum atomic E-state index is 0.106. The molecule has 14 heavy (non-hydrogen) atoms. The van der Waals surface area contributed by atoms with E-state index in [1.165, 1.54) is 11.3 Å². The second kappa shape index (κ2) is 2.83. The van der Waals surface area contributed by atoms with Crippen LogP contribution in [0.2, 0.25) is 5.02 Å². The summed E-state index contributed by atoms with van der Waals surface area (Å²) in [5.41, 5.74) is 3.94. The summed E-state index contributed by atoms with van der Waals surface area (Å²) < 4.78 is 2.19. The highest BCUT2D eigenvalue weighted by molar-refractivity contribution is 6.33. The largest absolute Gasteiger partial charge is 0.228 e. The Morgan fingerprint density at radius 1 is 1.29 bits per heavy atom. The van der Waals surface area contributed by atoms with E-state index in [-0.39, 0.29) is 5.41 Å². The maximum atomic E-state index is 6.20. The Kier molecular flexibility index (Phi) is 1.97. The molecular weight excluding hydrogens is 194 g/mol. The van der Waals surface area contributed by atoms with Crippen LogP contribution in [-0.2, 0) is 5.41 Å². The summed E-state index contributed by atoms with van der Waals surface area (Å²) in [6, 6.07) is 6.13. The molecule has 1 heterocycles. The van der Waals surface area contributed by atoms with Gasteiger partial charge in [-0.1, -0.05) is 23.7 Å². The molecule has 0 spiro atoms. The number of fused-ring (bicyclic) bond motifs is 1. The van der Waals surface area contributed by atoms with E-state index in [0.29, 0.717) is 0 Å². The molecule has 0 amide bonds. The molecular formula is C12H15ClN+. The second-order valence-corrected chi connectivity index (χ2v) is 4.81. The zero-order valence-electron chi connectivity index (χ0n) is 9.06.